The minimum atomic E-state index is 0.407. The summed E-state index contributed by atoms with van der Waals surface area (Å²) in [5, 5.41) is 3.41. The third-order valence-electron chi connectivity index (χ3n) is 3.63. The average molecular weight is 203 g/mol. The van der Waals surface area contributed by atoms with Crippen LogP contribution in [0.2, 0.25) is 0 Å². The molecular weight excluding hydrogens is 186 g/mol. The van der Waals surface area contributed by atoms with Crippen LogP contribution in [0, 0.1) is 0 Å². The fourth-order valence-corrected chi connectivity index (χ4v) is 2.70. The first-order valence-corrected chi connectivity index (χ1v) is 5.82. The monoisotopic (exact) mass is 203 g/mol. The molecule has 2 nitrogen and oxygen atoms in total. The van der Waals surface area contributed by atoms with Gasteiger partial charge in [0, 0.05) is 19.0 Å². The van der Waals surface area contributed by atoms with Crippen molar-refractivity contribution >= 4 is 0 Å². The van der Waals surface area contributed by atoms with Crippen molar-refractivity contribution in [2.24, 2.45) is 0 Å². The van der Waals surface area contributed by atoms with Crippen molar-refractivity contribution in [3.8, 4) is 0 Å². The summed E-state index contributed by atoms with van der Waals surface area (Å²) in [5.41, 5.74) is 4.33. The van der Waals surface area contributed by atoms with E-state index < -0.39 is 0 Å². The van der Waals surface area contributed by atoms with Gasteiger partial charge in [-0.15, -0.1) is 0 Å². The van der Waals surface area contributed by atoms with Crippen molar-refractivity contribution in [3.05, 3.63) is 34.9 Å². The van der Waals surface area contributed by atoms with Gasteiger partial charge in [-0.25, -0.2) is 0 Å². The Morgan fingerprint density at radius 1 is 1.40 bits per heavy atom. The van der Waals surface area contributed by atoms with Crippen LogP contribution in [-0.4, -0.2) is 19.2 Å². The lowest BCUT2D eigenvalue weighted by Crippen LogP contribution is -2.26. The van der Waals surface area contributed by atoms with E-state index in [0.717, 1.165) is 26.1 Å². The van der Waals surface area contributed by atoms with E-state index in [1.807, 2.05) is 0 Å². The molecule has 15 heavy (non-hydrogen) atoms. The van der Waals surface area contributed by atoms with Gasteiger partial charge >= 0.3 is 0 Å². The van der Waals surface area contributed by atoms with Gasteiger partial charge in [-0.05, 0) is 23.1 Å². The number of fused-ring (bicyclic) bond motifs is 3. The summed E-state index contributed by atoms with van der Waals surface area (Å²) in [6, 6.07) is 6.88. The molecule has 2 heteroatoms. The Morgan fingerprint density at radius 3 is 3.20 bits per heavy atom. The van der Waals surface area contributed by atoms with Gasteiger partial charge in [0.2, 0.25) is 0 Å². The molecule has 80 valence electrons. The summed E-state index contributed by atoms with van der Waals surface area (Å²) >= 11 is 0. The maximum Gasteiger partial charge on any atom is 0.0784 e. The van der Waals surface area contributed by atoms with Crippen LogP contribution in [0.4, 0.5) is 0 Å². The Morgan fingerprint density at radius 2 is 2.33 bits per heavy atom. The third-order valence-corrected chi connectivity index (χ3v) is 3.63. The van der Waals surface area contributed by atoms with E-state index in [1.54, 1.807) is 0 Å². The van der Waals surface area contributed by atoms with E-state index in [2.05, 4.69) is 30.4 Å². The Hall–Kier alpha value is -0.860. The van der Waals surface area contributed by atoms with Crippen LogP contribution in [-0.2, 0) is 17.8 Å². The van der Waals surface area contributed by atoms with Crippen LogP contribution < -0.4 is 5.32 Å². The van der Waals surface area contributed by atoms with Crippen LogP contribution in [0.5, 0.6) is 0 Å². The number of rotatable bonds is 1. The molecule has 1 unspecified atom stereocenters. The Labute approximate surface area is 90.6 Å². The predicted octanol–water partition coefficient (Wildman–Crippen LogP) is 1.83. The van der Waals surface area contributed by atoms with E-state index in [0.29, 0.717) is 12.0 Å². The van der Waals surface area contributed by atoms with Crippen molar-refractivity contribution in [3.63, 3.8) is 0 Å². The van der Waals surface area contributed by atoms with Gasteiger partial charge in [-0.3, -0.25) is 0 Å². The van der Waals surface area contributed by atoms with Crippen LogP contribution in [0.3, 0.4) is 0 Å². The molecule has 0 radical (unpaired) electrons. The number of ether oxygens (including phenoxy) is 1. The molecule has 2 heterocycles. The second-order valence-electron chi connectivity index (χ2n) is 4.50. The quantitative estimate of drug-likeness (QED) is 0.752. The zero-order chi connectivity index (χ0) is 10.3. The average Bonchev–Trinajstić information content (AvgIpc) is 2.76. The summed E-state index contributed by atoms with van der Waals surface area (Å²) in [7, 11) is 0. The lowest BCUT2D eigenvalue weighted by Gasteiger charge is -2.28. The number of hydrogen-bond acceptors (Lipinski definition) is 2. The highest BCUT2D eigenvalue weighted by molar-refractivity contribution is 5.37. The highest BCUT2D eigenvalue weighted by atomic mass is 16.5. The highest BCUT2D eigenvalue weighted by Crippen LogP contribution is 2.33. The normalized spacial score (nSPS) is 28.6. The molecule has 0 aromatic heterocycles. The fourth-order valence-electron chi connectivity index (χ4n) is 2.70. The SMILES string of the molecule is CCc1ccc2c(c1)COC1CNC[C@@H]21. The Kier molecular flexibility index (Phi) is 2.26. The van der Waals surface area contributed by atoms with E-state index in [9.17, 15) is 0 Å². The molecule has 1 N–H and O–H groups in total. The number of nitrogens with one attached hydrogen (secondary N) is 1. The summed E-state index contributed by atoms with van der Waals surface area (Å²) in [5.74, 6) is 0.583. The lowest BCUT2D eigenvalue weighted by atomic mass is 9.88. The van der Waals surface area contributed by atoms with E-state index in [4.69, 9.17) is 4.74 Å². The van der Waals surface area contributed by atoms with Crippen molar-refractivity contribution in [2.45, 2.75) is 32.0 Å². The highest BCUT2D eigenvalue weighted by Gasteiger charge is 2.33. The smallest absolute Gasteiger partial charge is 0.0784 e. The second kappa shape index (κ2) is 3.62. The largest absolute Gasteiger partial charge is 0.372 e. The van der Waals surface area contributed by atoms with Crippen LogP contribution in [0.15, 0.2) is 18.2 Å². The van der Waals surface area contributed by atoms with E-state index in [1.165, 1.54) is 16.7 Å². The first-order valence-electron chi connectivity index (χ1n) is 5.82. The molecule has 0 aliphatic carbocycles. The standard InChI is InChI=1S/C13H17NO/c1-2-9-3-4-11-10(5-9)8-15-13-7-14-6-12(11)13/h3-5,12-14H,2,6-8H2,1H3/t12-,13?/m0/s1. The van der Waals surface area contributed by atoms with Crippen LogP contribution in [0.25, 0.3) is 0 Å². The zero-order valence-corrected chi connectivity index (χ0v) is 9.12. The van der Waals surface area contributed by atoms with Crippen molar-refractivity contribution < 1.29 is 4.74 Å². The first kappa shape index (κ1) is 9.37. The first-order chi connectivity index (χ1) is 7.38. The van der Waals surface area contributed by atoms with Gasteiger partial charge in [0.25, 0.3) is 0 Å². The minimum absolute atomic E-state index is 0.407. The Balaban J connectivity index is 2.00. The van der Waals surface area contributed by atoms with Crippen LogP contribution in [0.1, 0.15) is 29.5 Å². The van der Waals surface area contributed by atoms with Gasteiger partial charge in [-0.2, -0.15) is 0 Å². The maximum atomic E-state index is 5.87. The molecule has 2 aliphatic heterocycles. The van der Waals surface area contributed by atoms with Crippen molar-refractivity contribution in [1.29, 1.82) is 0 Å². The van der Waals surface area contributed by atoms with Gasteiger partial charge in [-0.1, -0.05) is 25.1 Å². The molecule has 0 amide bonds. The number of aryl methyl sites for hydroxylation is 1. The van der Waals surface area contributed by atoms with Gasteiger partial charge in [0.05, 0.1) is 12.7 Å². The molecule has 2 atom stereocenters. The number of benzene rings is 1. The molecule has 3 rings (SSSR count). The third kappa shape index (κ3) is 1.48. The van der Waals surface area contributed by atoms with E-state index >= 15 is 0 Å². The van der Waals surface area contributed by atoms with Crippen LogP contribution >= 0.6 is 0 Å². The zero-order valence-electron chi connectivity index (χ0n) is 9.12. The van der Waals surface area contributed by atoms with Gasteiger partial charge in [0.1, 0.15) is 0 Å². The Bertz CT molecular complexity index is 375. The maximum absolute atomic E-state index is 5.87. The molecule has 0 saturated carbocycles. The molecule has 1 aromatic rings. The van der Waals surface area contributed by atoms with Crippen molar-refractivity contribution in [2.75, 3.05) is 13.1 Å². The fraction of sp³-hybridized carbons (Fsp3) is 0.538. The van der Waals surface area contributed by atoms with E-state index in [-0.39, 0.29) is 0 Å². The lowest BCUT2D eigenvalue weighted by molar-refractivity contribution is 0.0299. The topological polar surface area (TPSA) is 21.3 Å². The van der Waals surface area contributed by atoms with Crippen molar-refractivity contribution in [1.82, 2.24) is 5.32 Å². The molecule has 1 aromatic carbocycles. The predicted molar refractivity (Wildman–Crippen MR) is 60.0 cm³/mol. The molecule has 1 saturated heterocycles. The molecule has 2 aliphatic rings. The summed E-state index contributed by atoms with van der Waals surface area (Å²) in [6.07, 6.45) is 1.52. The summed E-state index contributed by atoms with van der Waals surface area (Å²) < 4.78 is 5.87. The minimum Gasteiger partial charge on any atom is -0.372 e. The van der Waals surface area contributed by atoms with Gasteiger partial charge < -0.3 is 10.1 Å². The molecule has 1 fully saturated rings. The second-order valence-corrected chi connectivity index (χ2v) is 4.50. The summed E-state index contributed by atoms with van der Waals surface area (Å²) in [6.45, 7) is 5.08. The van der Waals surface area contributed by atoms with Gasteiger partial charge in [0.15, 0.2) is 0 Å². The molecule has 0 spiro atoms. The number of hydrogen-bond donors (Lipinski definition) is 1. The molecule has 0 bridgehead atoms. The summed E-state index contributed by atoms with van der Waals surface area (Å²) in [4.78, 5) is 0. The molecular formula is C13H17NO.